The summed E-state index contributed by atoms with van der Waals surface area (Å²) >= 11 is 0. The molecule has 3 heterocycles. The molecule has 0 aliphatic carbocycles. The predicted octanol–water partition coefficient (Wildman–Crippen LogP) is 1.63. The Morgan fingerprint density at radius 1 is 1.14 bits per heavy atom. The summed E-state index contributed by atoms with van der Waals surface area (Å²) in [5.41, 5.74) is 2.37. The van der Waals surface area contributed by atoms with Gasteiger partial charge >= 0.3 is 0 Å². The fourth-order valence-corrected chi connectivity index (χ4v) is 2.67. The average molecular weight is 286 g/mol. The summed E-state index contributed by atoms with van der Waals surface area (Å²) in [5.74, 6) is 0.645. The third kappa shape index (κ3) is 3.25. The topological polar surface area (TPSA) is 33.5 Å². The molecule has 0 saturated carbocycles. The number of aromatic nitrogens is 2. The van der Waals surface area contributed by atoms with Crippen molar-refractivity contribution in [2.24, 2.45) is 0 Å². The summed E-state index contributed by atoms with van der Waals surface area (Å²) in [6.45, 7) is 5.52. The number of pyridine rings is 1. The van der Waals surface area contributed by atoms with Gasteiger partial charge in [-0.3, -0.25) is 4.90 Å². The predicted molar refractivity (Wildman–Crippen MR) is 82.9 cm³/mol. The van der Waals surface area contributed by atoms with E-state index in [9.17, 15) is 0 Å². The van der Waals surface area contributed by atoms with Crippen LogP contribution in [0, 0.1) is 0 Å². The van der Waals surface area contributed by atoms with E-state index >= 15 is 0 Å². The molecule has 0 radical (unpaired) electrons. The lowest BCUT2D eigenvalue weighted by Crippen LogP contribution is -2.44. The van der Waals surface area contributed by atoms with Gasteiger partial charge in [-0.1, -0.05) is 0 Å². The van der Waals surface area contributed by atoms with E-state index in [4.69, 9.17) is 4.74 Å². The summed E-state index contributed by atoms with van der Waals surface area (Å²) in [4.78, 5) is 9.17. The maximum Gasteiger partial charge on any atom is 0.213 e. The lowest BCUT2D eigenvalue weighted by molar-refractivity contribution is 0.146. The van der Waals surface area contributed by atoms with Gasteiger partial charge in [0.2, 0.25) is 5.88 Å². The van der Waals surface area contributed by atoms with Crippen molar-refractivity contribution in [2.45, 2.75) is 6.54 Å². The normalized spacial score (nSPS) is 17.0. The van der Waals surface area contributed by atoms with E-state index in [0.29, 0.717) is 5.88 Å². The van der Waals surface area contributed by atoms with Gasteiger partial charge in [-0.05, 0) is 25.2 Å². The van der Waals surface area contributed by atoms with Crippen molar-refractivity contribution in [3.8, 4) is 11.6 Å². The quantitative estimate of drug-likeness (QED) is 0.855. The van der Waals surface area contributed by atoms with Gasteiger partial charge in [-0.15, -0.1) is 0 Å². The molecule has 0 N–H and O–H groups in total. The molecule has 0 unspecified atom stereocenters. The zero-order valence-electron chi connectivity index (χ0n) is 12.7. The van der Waals surface area contributed by atoms with Crippen LogP contribution in [0.1, 0.15) is 5.69 Å². The van der Waals surface area contributed by atoms with Crippen LogP contribution in [0.5, 0.6) is 5.88 Å². The molecule has 0 atom stereocenters. The minimum atomic E-state index is 0.645. The molecule has 1 fully saturated rings. The molecule has 0 spiro atoms. The third-order valence-electron chi connectivity index (χ3n) is 4.02. The second-order valence-corrected chi connectivity index (χ2v) is 5.51. The first kappa shape index (κ1) is 14.1. The first-order valence-corrected chi connectivity index (χ1v) is 7.34. The van der Waals surface area contributed by atoms with Crippen LogP contribution in [0.4, 0.5) is 0 Å². The third-order valence-corrected chi connectivity index (χ3v) is 4.02. The van der Waals surface area contributed by atoms with Gasteiger partial charge in [0, 0.05) is 50.7 Å². The second kappa shape index (κ2) is 6.28. The second-order valence-electron chi connectivity index (χ2n) is 5.51. The van der Waals surface area contributed by atoms with E-state index in [-0.39, 0.29) is 0 Å². The lowest BCUT2D eigenvalue weighted by Gasteiger charge is -2.32. The summed E-state index contributed by atoms with van der Waals surface area (Å²) < 4.78 is 7.31. The number of ether oxygens (including phenoxy) is 1. The molecule has 3 rings (SSSR count). The van der Waals surface area contributed by atoms with Crippen LogP contribution >= 0.6 is 0 Å². The molecule has 5 heteroatoms. The van der Waals surface area contributed by atoms with Gasteiger partial charge < -0.3 is 14.2 Å². The maximum atomic E-state index is 5.12. The van der Waals surface area contributed by atoms with Crippen LogP contribution in [-0.2, 0) is 6.54 Å². The van der Waals surface area contributed by atoms with Crippen molar-refractivity contribution in [3.05, 3.63) is 42.4 Å². The highest BCUT2D eigenvalue weighted by Crippen LogP contribution is 2.16. The highest BCUT2D eigenvalue weighted by Gasteiger charge is 2.15. The molecule has 0 amide bonds. The van der Waals surface area contributed by atoms with Crippen molar-refractivity contribution >= 4 is 0 Å². The first-order chi connectivity index (χ1) is 10.3. The van der Waals surface area contributed by atoms with Gasteiger partial charge in [0.15, 0.2) is 0 Å². The molecule has 0 aromatic carbocycles. The molecule has 2 aromatic heterocycles. The van der Waals surface area contributed by atoms with Gasteiger partial charge in [0.05, 0.1) is 19.0 Å². The van der Waals surface area contributed by atoms with Crippen molar-refractivity contribution in [3.63, 3.8) is 0 Å². The van der Waals surface area contributed by atoms with E-state index in [1.54, 1.807) is 7.11 Å². The Kier molecular flexibility index (Phi) is 4.22. The van der Waals surface area contributed by atoms with Crippen LogP contribution in [0.25, 0.3) is 5.69 Å². The number of piperazine rings is 1. The molecule has 21 heavy (non-hydrogen) atoms. The molecule has 1 saturated heterocycles. The minimum absolute atomic E-state index is 0.645. The fraction of sp³-hybridized carbons (Fsp3) is 0.438. The van der Waals surface area contributed by atoms with Gasteiger partial charge in [0.1, 0.15) is 0 Å². The lowest BCUT2D eigenvalue weighted by atomic mass is 10.3. The molecule has 1 aliphatic rings. The molecular weight excluding hydrogens is 264 g/mol. The number of hydrogen-bond donors (Lipinski definition) is 0. The molecule has 112 valence electrons. The number of nitrogens with zero attached hydrogens (tertiary/aromatic N) is 4. The molecular formula is C16H22N4O. The van der Waals surface area contributed by atoms with Gasteiger partial charge in [-0.2, -0.15) is 0 Å². The SMILES string of the molecule is COc1ccc(-n2cccc2CN2CCN(C)CC2)cn1. The Balaban J connectivity index is 1.74. The number of hydrogen-bond acceptors (Lipinski definition) is 4. The maximum absolute atomic E-state index is 5.12. The summed E-state index contributed by atoms with van der Waals surface area (Å²) in [5, 5.41) is 0. The Hall–Kier alpha value is -1.85. The van der Waals surface area contributed by atoms with Crippen LogP contribution in [-0.4, -0.2) is 59.7 Å². The zero-order valence-corrected chi connectivity index (χ0v) is 12.7. The van der Waals surface area contributed by atoms with Crippen molar-refractivity contribution in [1.29, 1.82) is 0 Å². The molecule has 2 aromatic rings. The summed E-state index contributed by atoms with van der Waals surface area (Å²) in [7, 11) is 3.82. The van der Waals surface area contributed by atoms with Crippen LogP contribution in [0.2, 0.25) is 0 Å². The van der Waals surface area contributed by atoms with Crippen LogP contribution < -0.4 is 4.74 Å². The van der Waals surface area contributed by atoms with Gasteiger partial charge in [-0.25, -0.2) is 4.98 Å². The van der Waals surface area contributed by atoms with Crippen molar-refractivity contribution in [2.75, 3.05) is 40.3 Å². The van der Waals surface area contributed by atoms with Crippen LogP contribution in [0.15, 0.2) is 36.7 Å². The molecule has 0 bridgehead atoms. The largest absolute Gasteiger partial charge is 0.481 e. The van der Waals surface area contributed by atoms with Crippen molar-refractivity contribution < 1.29 is 4.74 Å². The van der Waals surface area contributed by atoms with E-state index in [1.807, 2.05) is 18.3 Å². The zero-order chi connectivity index (χ0) is 14.7. The number of likely N-dealkylation sites (N-methyl/N-ethyl adjacent to an activating group) is 1. The first-order valence-electron chi connectivity index (χ1n) is 7.34. The molecule has 1 aliphatic heterocycles. The number of rotatable bonds is 4. The van der Waals surface area contributed by atoms with E-state index in [1.165, 1.54) is 5.69 Å². The Morgan fingerprint density at radius 2 is 1.95 bits per heavy atom. The van der Waals surface area contributed by atoms with E-state index in [0.717, 1.165) is 38.4 Å². The fourth-order valence-electron chi connectivity index (χ4n) is 2.67. The summed E-state index contributed by atoms with van der Waals surface area (Å²) in [6, 6.07) is 8.21. The minimum Gasteiger partial charge on any atom is -0.481 e. The molecule has 5 nitrogen and oxygen atoms in total. The monoisotopic (exact) mass is 286 g/mol. The summed E-state index contributed by atoms with van der Waals surface area (Å²) in [6.07, 6.45) is 3.95. The standard InChI is InChI=1S/C16H22N4O/c1-18-8-10-19(11-9-18)13-15-4-3-7-20(15)14-5-6-16(21-2)17-12-14/h3-7,12H,8-11,13H2,1-2H3. The van der Waals surface area contributed by atoms with Crippen LogP contribution in [0.3, 0.4) is 0 Å². The highest BCUT2D eigenvalue weighted by atomic mass is 16.5. The van der Waals surface area contributed by atoms with E-state index in [2.05, 4.69) is 44.7 Å². The number of methoxy groups -OCH3 is 1. The Morgan fingerprint density at radius 3 is 2.62 bits per heavy atom. The van der Waals surface area contributed by atoms with Gasteiger partial charge in [0.25, 0.3) is 0 Å². The highest BCUT2D eigenvalue weighted by molar-refractivity contribution is 5.34. The Bertz CT molecular complexity index is 570. The van der Waals surface area contributed by atoms with E-state index < -0.39 is 0 Å². The van der Waals surface area contributed by atoms with Crippen molar-refractivity contribution in [1.82, 2.24) is 19.4 Å². The average Bonchev–Trinajstić information content (AvgIpc) is 2.98. The smallest absolute Gasteiger partial charge is 0.213 e. The Labute approximate surface area is 125 Å².